The molecule has 0 aliphatic heterocycles. The lowest BCUT2D eigenvalue weighted by Gasteiger charge is -2.11. The van der Waals surface area contributed by atoms with E-state index in [0.29, 0.717) is 5.69 Å². The molecule has 1 unspecified atom stereocenters. The molecule has 0 bridgehead atoms. The number of aromatic nitrogens is 1. The van der Waals surface area contributed by atoms with Gasteiger partial charge in [-0.2, -0.15) is 0 Å². The van der Waals surface area contributed by atoms with Crippen LogP contribution in [0.2, 0.25) is 0 Å². The monoisotopic (exact) mass is 302 g/mol. The van der Waals surface area contributed by atoms with Crippen molar-refractivity contribution in [1.29, 1.82) is 0 Å². The molecule has 1 aromatic heterocycles. The summed E-state index contributed by atoms with van der Waals surface area (Å²) in [5, 5.41) is 11.2. The third-order valence-corrected chi connectivity index (χ3v) is 2.71. The third kappa shape index (κ3) is 3.59. The van der Waals surface area contributed by atoms with E-state index < -0.39 is 12.0 Å². The number of hydrogen-bond acceptors (Lipinski definition) is 2. The second kappa shape index (κ2) is 5.86. The summed E-state index contributed by atoms with van der Waals surface area (Å²) in [5.74, 6) is -1.43. The number of rotatable bonds is 5. The first-order chi connectivity index (χ1) is 7.95. The first-order valence-electron chi connectivity index (χ1n) is 5.35. The Kier molecular flexibility index (Phi) is 4.74. The number of aryl methyl sites for hydroxylation is 1. The Bertz CT molecular complexity index is 428. The van der Waals surface area contributed by atoms with E-state index in [2.05, 4.69) is 21.2 Å². The van der Waals surface area contributed by atoms with Crippen LogP contribution in [0.4, 0.5) is 0 Å². The fourth-order valence-electron chi connectivity index (χ4n) is 1.42. The maximum Gasteiger partial charge on any atom is 0.325 e. The summed E-state index contributed by atoms with van der Waals surface area (Å²) < 4.78 is 2.60. The smallest absolute Gasteiger partial charge is 0.325 e. The van der Waals surface area contributed by atoms with Crippen LogP contribution >= 0.6 is 15.9 Å². The molecule has 1 aromatic rings. The number of aliphatic carboxylic acids is 1. The largest absolute Gasteiger partial charge is 0.480 e. The van der Waals surface area contributed by atoms with Gasteiger partial charge in [-0.1, -0.05) is 6.92 Å². The van der Waals surface area contributed by atoms with Gasteiger partial charge >= 0.3 is 5.97 Å². The van der Waals surface area contributed by atoms with E-state index in [-0.39, 0.29) is 5.91 Å². The number of carbonyl (C=O) groups excluding carboxylic acids is 1. The van der Waals surface area contributed by atoms with Crippen molar-refractivity contribution in [3.63, 3.8) is 0 Å². The Hall–Kier alpha value is -1.30. The number of halogens is 1. The van der Waals surface area contributed by atoms with Gasteiger partial charge in [0.25, 0.3) is 5.91 Å². The van der Waals surface area contributed by atoms with E-state index in [1.165, 1.54) is 6.92 Å². The number of carbonyl (C=O) groups is 2. The summed E-state index contributed by atoms with van der Waals surface area (Å²) in [6, 6.07) is 0.783. The molecule has 1 amide bonds. The molecule has 94 valence electrons. The minimum Gasteiger partial charge on any atom is -0.480 e. The zero-order chi connectivity index (χ0) is 13.0. The highest BCUT2D eigenvalue weighted by Gasteiger charge is 2.18. The molecule has 1 heterocycles. The molecule has 2 N–H and O–H groups in total. The van der Waals surface area contributed by atoms with Gasteiger partial charge in [-0.05, 0) is 35.3 Å². The fraction of sp³-hybridized carbons (Fsp3) is 0.455. The van der Waals surface area contributed by atoms with Crippen molar-refractivity contribution >= 4 is 27.8 Å². The summed E-state index contributed by atoms with van der Waals surface area (Å²) in [6.07, 6.45) is 2.71. The summed E-state index contributed by atoms with van der Waals surface area (Å²) >= 11 is 3.30. The van der Waals surface area contributed by atoms with Crippen LogP contribution < -0.4 is 5.32 Å². The average Bonchev–Trinajstić information content (AvgIpc) is 2.60. The predicted molar refractivity (Wildman–Crippen MR) is 67.0 cm³/mol. The highest BCUT2D eigenvalue weighted by molar-refractivity contribution is 9.10. The number of carboxylic acid groups (broad SMARTS) is 1. The first-order valence-corrected chi connectivity index (χ1v) is 6.14. The number of hydrogen-bond donors (Lipinski definition) is 2. The summed E-state index contributed by atoms with van der Waals surface area (Å²) in [5.41, 5.74) is 0.465. The summed E-state index contributed by atoms with van der Waals surface area (Å²) in [7, 11) is 0. The standard InChI is InChI=1S/C11H15BrN2O3/c1-3-4-14-6-8(12)5-9(14)10(15)13-7(2)11(16)17/h5-7H,3-4H2,1-2H3,(H,13,15)(H,16,17). The van der Waals surface area contributed by atoms with Crippen molar-refractivity contribution < 1.29 is 14.7 Å². The minimum absolute atomic E-state index is 0.376. The Labute approximate surface area is 108 Å². The maximum absolute atomic E-state index is 11.9. The van der Waals surface area contributed by atoms with Crippen LogP contribution in [-0.2, 0) is 11.3 Å². The number of nitrogens with one attached hydrogen (secondary N) is 1. The van der Waals surface area contributed by atoms with E-state index in [1.807, 2.05) is 13.1 Å². The molecule has 0 radical (unpaired) electrons. The third-order valence-electron chi connectivity index (χ3n) is 2.28. The highest BCUT2D eigenvalue weighted by Crippen LogP contribution is 2.15. The van der Waals surface area contributed by atoms with Crippen molar-refractivity contribution in [1.82, 2.24) is 9.88 Å². The Balaban J connectivity index is 2.84. The van der Waals surface area contributed by atoms with Gasteiger partial charge in [0.1, 0.15) is 11.7 Å². The molecule has 0 saturated carbocycles. The van der Waals surface area contributed by atoms with Gasteiger partial charge in [0, 0.05) is 17.2 Å². The first kappa shape index (κ1) is 13.8. The van der Waals surface area contributed by atoms with Gasteiger partial charge in [0.15, 0.2) is 0 Å². The lowest BCUT2D eigenvalue weighted by Crippen LogP contribution is -2.39. The topological polar surface area (TPSA) is 71.3 Å². The van der Waals surface area contributed by atoms with E-state index in [1.54, 1.807) is 10.6 Å². The van der Waals surface area contributed by atoms with Crippen molar-refractivity contribution in [2.75, 3.05) is 0 Å². The molecule has 0 saturated heterocycles. The normalized spacial score (nSPS) is 12.2. The van der Waals surface area contributed by atoms with Crippen LogP contribution in [0.25, 0.3) is 0 Å². The van der Waals surface area contributed by atoms with Crippen LogP contribution in [-0.4, -0.2) is 27.6 Å². The van der Waals surface area contributed by atoms with Crippen LogP contribution in [0, 0.1) is 0 Å². The minimum atomic E-state index is -1.05. The van der Waals surface area contributed by atoms with Crippen molar-refractivity contribution in [3.05, 3.63) is 22.4 Å². The molecule has 1 atom stereocenters. The Morgan fingerprint density at radius 3 is 2.76 bits per heavy atom. The zero-order valence-corrected chi connectivity index (χ0v) is 11.3. The molecule has 0 spiro atoms. The maximum atomic E-state index is 11.9. The van der Waals surface area contributed by atoms with Gasteiger partial charge in [-0.3, -0.25) is 9.59 Å². The quantitative estimate of drug-likeness (QED) is 0.872. The molecule has 0 aliphatic rings. The Morgan fingerprint density at radius 1 is 1.59 bits per heavy atom. The van der Waals surface area contributed by atoms with Gasteiger partial charge in [-0.15, -0.1) is 0 Å². The molecule has 0 aromatic carbocycles. The molecule has 0 fully saturated rings. The molecule has 6 heteroatoms. The molecule has 0 aliphatic carbocycles. The predicted octanol–water partition coefficient (Wildman–Crippen LogP) is 1.86. The molecular formula is C11H15BrN2O3. The van der Waals surface area contributed by atoms with Crippen LogP contribution in [0.3, 0.4) is 0 Å². The molecular weight excluding hydrogens is 288 g/mol. The summed E-state index contributed by atoms with van der Waals surface area (Å²) in [4.78, 5) is 22.5. The van der Waals surface area contributed by atoms with Crippen molar-refractivity contribution in [2.45, 2.75) is 32.9 Å². The van der Waals surface area contributed by atoms with Gasteiger partial charge in [-0.25, -0.2) is 0 Å². The molecule has 17 heavy (non-hydrogen) atoms. The highest BCUT2D eigenvalue weighted by atomic mass is 79.9. The van der Waals surface area contributed by atoms with Crippen molar-refractivity contribution in [2.24, 2.45) is 0 Å². The van der Waals surface area contributed by atoms with Gasteiger partial charge in [0.05, 0.1) is 0 Å². The lowest BCUT2D eigenvalue weighted by molar-refractivity contribution is -0.138. The fourth-order valence-corrected chi connectivity index (χ4v) is 1.89. The molecule has 5 nitrogen and oxygen atoms in total. The van der Waals surface area contributed by atoms with Crippen molar-refractivity contribution in [3.8, 4) is 0 Å². The van der Waals surface area contributed by atoms with E-state index >= 15 is 0 Å². The lowest BCUT2D eigenvalue weighted by atomic mass is 10.3. The SMILES string of the molecule is CCCn1cc(Br)cc1C(=O)NC(C)C(=O)O. The van der Waals surface area contributed by atoms with Gasteiger partial charge < -0.3 is 15.0 Å². The van der Waals surface area contributed by atoms with E-state index in [0.717, 1.165) is 17.4 Å². The van der Waals surface area contributed by atoms with E-state index in [4.69, 9.17) is 5.11 Å². The van der Waals surface area contributed by atoms with E-state index in [9.17, 15) is 9.59 Å². The zero-order valence-electron chi connectivity index (χ0n) is 9.74. The number of amides is 1. The second-order valence-electron chi connectivity index (χ2n) is 3.77. The average molecular weight is 303 g/mol. The van der Waals surface area contributed by atoms with Crippen LogP contribution in [0.5, 0.6) is 0 Å². The Morgan fingerprint density at radius 2 is 2.24 bits per heavy atom. The van der Waals surface area contributed by atoms with Crippen LogP contribution in [0.15, 0.2) is 16.7 Å². The van der Waals surface area contributed by atoms with Crippen LogP contribution in [0.1, 0.15) is 30.8 Å². The number of carboxylic acids is 1. The summed E-state index contributed by atoms with van der Waals surface area (Å²) in [6.45, 7) is 4.16. The van der Waals surface area contributed by atoms with Gasteiger partial charge in [0.2, 0.25) is 0 Å². The number of nitrogens with zero attached hydrogens (tertiary/aromatic N) is 1. The molecule has 1 rings (SSSR count). The second-order valence-corrected chi connectivity index (χ2v) is 4.69.